The van der Waals surface area contributed by atoms with Crippen LogP contribution in [-0.4, -0.2) is 50.1 Å². The van der Waals surface area contributed by atoms with Crippen LogP contribution in [0.2, 0.25) is 0 Å². The number of carbonyl (C=O) groups is 1. The number of nitrogens with zero attached hydrogens (tertiary/aromatic N) is 3. The van der Waals surface area contributed by atoms with Crippen LogP contribution in [0.25, 0.3) is 0 Å². The summed E-state index contributed by atoms with van der Waals surface area (Å²) in [5, 5.41) is 6.87. The summed E-state index contributed by atoms with van der Waals surface area (Å²) in [6.07, 6.45) is 2.89. The van der Waals surface area contributed by atoms with Gasteiger partial charge in [0.25, 0.3) is 0 Å². The Morgan fingerprint density at radius 3 is 3.00 bits per heavy atom. The highest BCUT2D eigenvalue weighted by molar-refractivity contribution is 8.00. The summed E-state index contributed by atoms with van der Waals surface area (Å²) in [6.45, 7) is 4.47. The minimum absolute atomic E-state index is 0.0456. The molecule has 27 heavy (non-hydrogen) atoms. The molecule has 4 rings (SSSR count). The first kappa shape index (κ1) is 18.3. The molecule has 1 saturated heterocycles. The van der Waals surface area contributed by atoms with Crippen molar-refractivity contribution in [1.29, 1.82) is 0 Å². The number of hydrogen-bond acceptors (Lipinski definition) is 5. The van der Waals surface area contributed by atoms with Gasteiger partial charge in [-0.1, -0.05) is 36.0 Å². The number of rotatable bonds is 5. The number of ether oxygens (including phenoxy) is 1. The highest BCUT2D eigenvalue weighted by Crippen LogP contribution is 2.26. The van der Waals surface area contributed by atoms with E-state index < -0.39 is 0 Å². The summed E-state index contributed by atoms with van der Waals surface area (Å²) >= 11 is 1.33. The van der Waals surface area contributed by atoms with Crippen molar-refractivity contribution in [2.75, 3.05) is 13.2 Å². The van der Waals surface area contributed by atoms with E-state index in [1.54, 1.807) is 4.57 Å². The van der Waals surface area contributed by atoms with Gasteiger partial charge < -0.3 is 9.64 Å². The molecule has 2 aliphatic rings. The number of aromatic amines is 1. The zero-order chi connectivity index (χ0) is 18.8. The molecule has 1 aromatic heterocycles. The van der Waals surface area contributed by atoms with Gasteiger partial charge in [-0.15, -0.1) is 5.10 Å². The van der Waals surface area contributed by atoms with Crippen LogP contribution in [0.4, 0.5) is 0 Å². The van der Waals surface area contributed by atoms with Gasteiger partial charge in [-0.3, -0.25) is 9.36 Å². The molecular weight excluding hydrogens is 364 g/mol. The lowest BCUT2D eigenvalue weighted by Crippen LogP contribution is -2.40. The van der Waals surface area contributed by atoms with Crippen molar-refractivity contribution < 1.29 is 9.53 Å². The molecule has 2 aliphatic heterocycles. The van der Waals surface area contributed by atoms with Crippen LogP contribution < -0.4 is 5.69 Å². The third-order valence-corrected chi connectivity index (χ3v) is 6.28. The van der Waals surface area contributed by atoms with E-state index >= 15 is 0 Å². The van der Waals surface area contributed by atoms with Crippen molar-refractivity contribution in [3.63, 3.8) is 0 Å². The molecule has 0 spiro atoms. The first-order valence-corrected chi connectivity index (χ1v) is 10.3. The molecule has 144 valence electrons. The van der Waals surface area contributed by atoms with Gasteiger partial charge in [0.2, 0.25) is 5.91 Å². The van der Waals surface area contributed by atoms with Crippen molar-refractivity contribution in [3.8, 4) is 0 Å². The maximum absolute atomic E-state index is 12.9. The van der Waals surface area contributed by atoms with Gasteiger partial charge >= 0.3 is 5.69 Å². The van der Waals surface area contributed by atoms with Crippen LogP contribution in [0.5, 0.6) is 0 Å². The number of aromatic nitrogens is 3. The normalized spacial score (nSPS) is 20.5. The van der Waals surface area contributed by atoms with Crippen molar-refractivity contribution in [3.05, 3.63) is 45.9 Å². The number of carbonyl (C=O) groups excluding carboxylic acids is 1. The van der Waals surface area contributed by atoms with Gasteiger partial charge in [0, 0.05) is 19.7 Å². The molecule has 1 N–H and O–H groups in total. The Morgan fingerprint density at radius 1 is 1.41 bits per heavy atom. The van der Waals surface area contributed by atoms with Crippen molar-refractivity contribution in [2.45, 2.75) is 55.8 Å². The minimum atomic E-state index is -0.311. The highest BCUT2D eigenvalue weighted by atomic mass is 32.2. The lowest BCUT2D eigenvalue weighted by atomic mass is 10.00. The first-order chi connectivity index (χ1) is 13.1. The average molecular weight is 388 g/mol. The van der Waals surface area contributed by atoms with E-state index in [0.29, 0.717) is 18.2 Å². The smallest absolute Gasteiger partial charge is 0.344 e. The number of nitrogens with one attached hydrogen (secondary N) is 1. The van der Waals surface area contributed by atoms with E-state index in [1.165, 1.54) is 22.9 Å². The Bertz CT molecular complexity index is 872. The monoisotopic (exact) mass is 388 g/mol. The fourth-order valence-corrected chi connectivity index (χ4v) is 4.64. The molecule has 0 saturated carbocycles. The van der Waals surface area contributed by atoms with E-state index in [1.807, 2.05) is 24.0 Å². The molecule has 2 atom stereocenters. The Balaban J connectivity index is 1.43. The second kappa shape index (κ2) is 7.90. The van der Waals surface area contributed by atoms with E-state index in [2.05, 4.69) is 22.3 Å². The third-order valence-electron chi connectivity index (χ3n) is 5.21. The lowest BCUT2D eigenvalue weighted by molar-refractivity contribution is -0.131. The Labute approximate surface area is 162 Å². The van der Waals surface area contributed by atoms with Gasteiger partial charge in [-0.2, -0.15) is 0 Å². The molecule has 1 aromatic carbocycles. The second-order valence-electron chi connectivity index (χ2n) is 7.10. The number of hydrogen-bond donors (Lipinski definition) is 1. The van der Waals surface area contributed by atoms with E-state index in [4.69, 9.17) is 4.74 Å². The SMILES string of the molecule is CC(Sc1n[nH]c(=O)n1CC1CCCO1)C(=O)N1CCc2ccccc2C1. The molecule has 0 bridgehead atoms. The van der Waals surface area contributed by atoms with Gasteiger partial charge in [-0.05, 0) is 37.3 Å². The molecular formula is C19H24N4O3S. The molecule has 8 heteroatoms. The summed E-state index contributed by atoms with van der Waals surface area (Å²) < 4.78 is 7.22. The number of H-pyrrole nitrogens is 1. The third kappa shape index (κ3) is 3.96. The van der Waals surface area contributed by atoms with E-state index in [0.717, 1.165) is 32.4 Å². The summed E-state index contributed by atoms with van der Waals surface area (Å²) in [5.41, 5.74) is 2.28. The standard InChI is InChI=1S/C19H24N4O3S/c1-13(17(24)22-9-8-14-5-2-3-6-15(14)11-22)27-19-21-20-18(25)23(19)12-16-7-4-10-26-16/h2-3,5-6,13,16H,4,7-12H2,1H3,(H,20,25). The van der Waals surface area contributed by atoms with Crippen LogP contribution in [-0.2, 0) is 29.0 Å². The predicted molar refractivity (Wildman–Crippen MR) is 103 cm³/mol. The maximum atomic E-state index is 12.9. The Kier molecular flexibility index (Phi) is 5.36. The molecule has 3 heterocycles. The maximum Gasteiger partial charge on any atom is 0.344 e. The predicted octanol–water partition coefficient (Wildman–Crippen LogP) is 1.82. The average Bonchev–Trinajstić information content (AvgIpc) is 3.32. The number of fused-ring (bicyclic) bond motifs is 1. The van der Waals surface area contributed by atoms with Crippen molar-refractivity contribution in [2.24, 2.45) is 0 Å². The molecule has 0 radical (unpaired) electrons. The number of thioether (sulfide) groups is 1. The van der Waals surface area contributed by atoms with E-state index in [9.17, 15) is 9.59 Å². The number of benzene rings is 1. The van der Waals surface area contributed by atoms with Gasteiger partial charge in [0.15, 0.2) is 5.16 Å². The molecule has 2 aromatic rings. The van der Waals surface area contributed by atoms with Crippen molar-refractivity contribution >= 4 is 17.7 Å². The van der Waals surface area contributed by atoms with Crippen LogP contribution in [0.3, 0.4) is 0 Å². The largest absolute Gasteiger partial charge is 0.376 e. The van der Waals surface area contributed by atoms with Crippen molar-refractivity contribution in [1.82, 2.24) is 19.7 Å². The molecule has 0 aliphatic carbocycles. The van der Waals surface area contributed by atoms with Crippen LogP contribution in [0.1, 0.15) is 30.9 Å². The van der Waals surface area contributed by atoms with Gasteiger partial charge in [-0.25, -0.2) is 9.89 Å². The van der Waals surface area contributed by atoms with Gasteiger partial charge in [0.1, 0.15) is 0 Å². The quantitative estimate of drug-likeness (QED) is 0.791. The molecule has 2 unspecified atom stereocenters. The van der Waals surface area contributed by atoms with E-state index in [-0.39, 0.29) is 23.0 Å². The fourth-order valence-electron chi connectivity index (χ4n) is 3.70. The van der Waals surface area contributed by atoms with Crippen LogP contribution >= 0.6 is 11.8 Å². The highest BCUT2D eigenvalue weighted by Gasteiger charge is 2.27. The second-order valence-corrected chi connectivity index (χ2v) is 8.40. The van der Waals surface area contributed by atoms with Crippen LogP contribution in [0, 0.1) is 0 Å². The molecule has 7 nitrogen and oxygen atoms in total. The first-order valence-electron chi connectivity index (χ1n) is 9.41. The molecule has 1 fully saturated rings. The Hall–Kier alpha value is -2.06. The summed E-state index contributed by atoms with van der Waals surface area (Å²) in [4.78, 5) is 26.9. The topological polar surface area (TPSA) is 80.2 Å². The fraction of sp³-hybridized carbons (Fsp3) is 0.526. The zero-order valence-corrected chi connectivity index (χ0v) is 16.2. The Morgan fingerprint density at radius 2 is 2.22 bits per heavy atom. The van der Waals surface area contributed by atoms with Gasteiger partial charge in [0.05, 0.1) is 17.9 Å². The summed E-state index contributed by atoms with van der Waals surface area (Å²) in [6, 6.07) is 8.26. The molecule has 1 amide bonds. The van der Waals surface area contributed by atoms with Crippen LogP contribution in [0.15, 0.2) is 34.2 Å². The zero-order valence-electron chi connectivity index (χ0n) is 15.4. The number of amides is 1. The lowest BCUT2D eigenvalue weighted by Gasteiger charge is -2.30. The summed E-state index contributed by atoms with van der Waals surface area (Å²) in [7, 11) is 0. The summed E-state index contributed by atoms with van der Waals surface area (Å²) in [5.74, 6) is 0.0774. The minimum Gasteiger partial charge on any atom is -0.376 e.